The first-order valence-corrected chi connectivity index (χ1v) is 6.07. The van der Waals surface area contributed by atoms with Crippen LogP contribution in [0.1, 0.15) is 26.7 Å². The van der Waals surface area contributed by atoms with Crippen LogP contribution >= 0.6 is 11.8 Å². The molecule has 2 unspecified atom stereocenters. The Morgan fingerprint density at radius 1 is 1.33 bits per heavy atom. The lowest BCUT2D eigenvalue weighted by atomic mass is 10.1. The van der Waals surface area contributed by atoms with Gasteiger partial charge in [-0.1, -0.05) is 11.8 Å². The SMILES string of the molecule is CC1CC(Sc2nnnn2C)CC(C)O1. The highest BCUT2D eigenvalue weighted by atomic mass is 32.2. The van der Waals surface area contributed by atoms with Crippen LogP contribution in [0.25, 0.3) is 0 Å². The van der Waals surface area contributed by atoms with E-state index in [0.29, 0.717) is 17.5 Å². The Morgan fingerprint density at radius 2 is 2.00 bits per heavy atom. The monoisotopic (exact) mass is 228 g/mol. The van der Waals surface area contributed by atoms with Crippen molar-refractivity contribution < 1.29 is 4.74 Å². The normalized spacial score (nSPS) is 31.8. The summed E-state index contributed by atoms with van der Waals surface area (Å²) in [6, 6.07) is 0. The van der Waals surface area contributed by atoms with Gasteiger partial charge in [0.2, 0.25) is 5.16 Å². The van der Waals surface area contributed by atoms with Gasteiger partial charge in [0, 0.05) is 12.3 Å². The molecule has 84 valence electrons. The first kappa shape index (κ1) is 10.9. The third-order valence-electron chi connectivity index (χ3n) is 2.51. The molecule has 2 rings (SSSR count). The van der Waals surface area contributed by atoms with Gasteiger partial charge in [0.1, 0.15) is 0 Å². The molecule has 0 saturated carbocycles. The van der Waals surface area contributed by atoms with Crippen LogP contribution in [-0.2, 0) is 11.8 Å². The molecule has 0 spiro atoms. The Hall–Kier alpha value is -0.620. The van der Waals surface area contributed by atoms with Crippen LogP contribution < -0.4 is 0 Å². The first-order chi connectivity index (χ1) is 7.15. The van der Waals surface area contributed by atoms with Crippen molar-refractivity contribution in [2.75, 3.05) is 0 Å². The Morgan fingerprint density at radius 3 is 2.53 bits per heavy atom. The number of rotatable bonds is 2. The van der Waals surface area contributed by atoms with Crippen LogP contribution in [0.4, 0.5) is 0 Å². The Kier molecular flexibility index (Phi) is 3.25. The molecule has 1 aromatic heterocycles. The van der Waals surface area contributed by atoms with E-state index in [4.69, 9.17) is 4.74 Å². The minimum absolute atomic E-state index is 0.340. The average Bonchev–Trinajstić information content (AvgIpc) is 2.50. The van der Waals surface area contributed by atoms with E-state index >= 15 is 0 Å². The van der Waals surface area contributed by atoms with Crippen molar-refractivity contribution in [3.05, 3.63) is 0 Å². The van der Waals surface area contributed by atoms with Crippen molar-refractivity contribution in [2.24, 2.45) is 7.05 Å². The van der Waals surface area contributed by atoms with Crippen LogP contribution in [0.2, 0.25) is 0 Å². The summed E-state index contributed by atoms with van der Waals surface area (Å²) < 4.78 is 7.41. The van der Waals surface area contributed by atoms with Crippen molar-refractivity contribution in [2.45, 2.75) is 49.3 Å². The summed E-state index contributed by atoms with van der Waals surface area (Å²) in [5.74, 6) is 0. The molecule has 0 amide bonds. The number of thioether (sulfide) groups is 1. The average molecular weight is 228 g/mol. The van der Waals surface area contributed by atoms with Gasteiger partial charge in [-0.2, -0.15) is 0 Å². The Balaban J connectivity index is 1.97. The van der Waals surface area contributed by atoms with Crippen molar-refractivity contribution in [1.29, 1.82) is 0 Å². The van der Waals surface area contributed by atoms with Gasteiger partial charge in [0.05, 0.1) is 12.2 Å². The van der Waals surface area contributed by atoms with Gasteiger partial charge < -0.3 is 4.74 Å². The van der Waals surface area contributed by atoms with Crippen LogP contribution in [0.15, 0.2) is 5.16 Å². The summed E-state index contributed by atoms with van der Waals surface area (Å²) in [6.07, 6.45) is 2.82. The molecule has 6 heteroatoms. The second-order valence-electron chi connectivity index (χ2n) is 4.05. The molecule has 1 saturated heterocycles. The lowest BCUT2D eigenvalue weighted by Crippen LogP contribution is -2.30. The van der Waals surface area contributed by atoms with Crippen molar-refractivity contribution in [3.8, 4) is 0 Å². The molecule has 1 aliphatic rings. The zero-order chi connectivity index (χ0) is 10.8. The van der Waals surface area contributed by atoms with E-state index < -0.39 is 0 Å². The van der Waals surface area contributed by atoms with E-state index in [9.17, 15) is 0 Å². The number of hydrogen-bond donors (Lipinski definition) is 0. The maximum atomic E-state index is 5.69. The van der Waals surface area contributed by atoms with Gasteiger partial charge in [-0.3, -0.25) is 0 Å². The second-order valence-corrected chi connectivity index (χ2v) is 5.32. The zero-order valence-electron chi connectivity index (χ0n) is 9.25. The van der Waals surface area contributed by atoms with Crippen LogP contribution in [0.3, 0.4) is 0 Å². The van der Waals surface area contributed by atoms with Crippen LogP contribution in [0.5, 0.6) is 0 Å². The van der Waals surface area contributed by atoms with E-state index in [-0.39, 0.29) is 0 Å². The minimum Gasteiger partial charge on any atom is -0.375 e. The third-order valence-corrected chi connectivity index (χ3v) is 3.78. The van der Waals surface area contributed by atoms with Gasteiger partial charge in [-0.15, -0.1) is 5.10 Å². The predicted molar refractivity (Wildman–Crippen MR) is 57.7 cm³/mol. The summed E-state index contributed by atoms with van der Waals surface area (Å²) in [5.41, 5.74) is 0. The van der Waals surface area contributed by atoms with Gasteiger partial charge in [-0.25, -0.2) is 4.68 Å². The highest BCUT2D eigenvalue weighted by molar-refractivity contribution is 7.99. The molecular weight excluding hydrogens is 212 g/mol. The largest absolute Gasteiger partial charge is 0.375 e. The number of aromatic nitrogens is 4. The highest BCUT2D eigenvalue weighted by Crippen LogP contribution is 2.32. The highest BCUT2D eigenvalue weighted by Gasteiger charge is 2.26. The Bertz CT molecular complexity index is 320. The second kappa shape index (κ2) is 4.49. The molecule has 0 aliphatic carbocycles. The fourth-order valence-electron chi connectivity index (χ4n) is 1.91. The number of ether oxygens (including phenoxy) is 1. The Labute approximate surface area is 93.6 Å². The molecule has 2 heterocycles. The first-order valence-electron chi connectivity index (χ1n) is 5.19. The molecule has 0 radical (unpaired) electrons. The molecule has 15 heavy (non-hydrogen) atoms. The third kappa shape index (κ3) is 2.69. The molecule has 0 bridgehead atoms. The number of aryl methyl sites for hydroxylation is 1. The van der Waals surface area contributed by atoms with Gasteiger partial charge >= 0.3 is 0 Å². The fraction of sp³-hybridized carbons (Fsp3) is 0.889. The number of nitrogens with zero attached hydrogens (tertiary/aromatic N) is 4. The van der Waals surface area contributed by atoms with E-state index in [2.05, 4.69) is 29.4 Å². The quantitative estimate of drug-likeness (QED) is 0.762. The minimum atomic E-state index is 0.340. The van der Waals surface area contributed by atoms with Gasteiger partial charge in [-0.05, 0) is 37.1 Å². The molecule has 0 aromatic carbocycles. The summed E-state index contributed by atoms with van der Waals surface area (Å²) >= 11 is 1.75. The molecule has 1 aromatic rings. The summed E-state index contributed by atoms with van der Waals surface area (Å²) in [5, 5.41) is 12.9. The van der Waals surface area contributed by atoms with E-state index in [1.165, 1.54) is 0 Å². The standard InChI is InChI=1S/C9H16N4OS/c1-6-4-8(5-7(2)14-6)15-9-10-11-12-13(9)3/h6-8H,4-5H2,1-3H3. The maximum absolute atomic E-state index is 5.69. The molecule has 0 N–H and O–H groups in total. The van der Waals surface area contributed by atoms with Gasteiger partial charge in [0.25, 0.3) is 0 Å². The fourth-order valence-corrected chi connectivity index (χ4v) is 3.22. The maximum Gasteiger partial charge on any atom is 0.209 e. The van der Waals surface area contributed by atoms with Gasteiger partial charge in [0.15, 0.2) is 0 Å². The molecule has 5 nitrogen and oxygen atoms in total. The van der Waals surface area contributed by atoms with Crippen LogP contribution in [0, 0.1) is 0 Å². The van der Waals surface area contributed by atoms with E-state index in [0.717, 1.165) is 18.0 Å². The molecular formula is C9H16N4OS. The number of hydrogen-bond acceptors (Lipinski definition) is 5. The van der Waals surface area contributed by atoms with Crippen molar-refractivity contribution in [3.63, 3.8) is 0 Å². The lowest BCUT2D eigenvalue weighted by Gasteiger charge is -2.31. The zero-order valence-corrected chi connectivity index (χ0v) is 10.1. The summed E-state index contributed by atoms with van der Waals surface area (Å²) in [6.45, 7) is 4.25. The molecule has 1 aliphatic heterocycles. The summed E-state index contributed by atoms with van der Waals surface area (Å²) in [7, 11) is 1.87. The smallest absolute Gasteiger partial charge is 0.209 e. The van der Waals surface area contributed by atoms with Crippen LogP contribution in [-0.4, -0.2) is 37.7 Å². The summed E-state index contributed by atoms with van der Waals surface area (Å²) in [4.78, 5) is 0. The molecule has 1 fully saturated rings. The lowest BCUT2D eigenvalue weighted by molar-refractivity contribution is -0.0265. The topological polar surface area (TPSA) is 52.8 Å². The van der Waals surface area contributed by atoms with Crippen molar-refractivity contribution in [1.82, 2.24) is 20.2 Å². The predicted octanol–water partition coefficient (Wildman–Crippen LogP) is 1.26. The van der Waals surface area contributed by atoms with E-state index in [1.807, 2.05) is 7.05 Å². The molecule has 2 atom stereocenters. The van der Waals surface area contributed by atoms with E-state index in [1.54, 1.807) is 16.4 Å². The van der Waals surface area contributed by atoms with Crippen molar-refractivity contribution >= 4 is 11.8 Å². The number of tetrazole rings is 1.